The minimum atomic E-state index is -0.241. The molecule has 136 valence electrons. The van der Waals surface area contributed by atoms with E-state index in [9.17, 15) is 4.79 Å². The third-order valence-corrected chi connectivity index (χ3v) is 5.03. The number of nitrogens with one attached hydrogen (secondary N) is 1. The number of para-hydroxylation sites is 1. The molecule has 0 spiro atoms. The van der Waals surface area contributed by atoms with E-state index in [2.05, 4.69) is 15.6 Å². The topological polar surface area (TPSA) is 89.3 Å². The van der Waals surface area contributed by atoms with E-state index in [1.807, 2.05) is 36.4 Å². The van der Waals surface area contributed by atoms with Crippen LogP contribution >= 0.6 is 24.0 Å². The lowest BCUT2D eigenvalue weighted by Gasteiger charge is -2.11. The van der Waals surface area contributed by atoms with Gasteiger partial charge in [0.25, 0.3) is 5.91 Å². The second-order valence-electron chi connectivity index (χ2n) is 5.64. The number of thioether (sulfide) groups is 1. The lowest BCUT2D eigenvalue weighted by atomic mass is 10.1. The summed E-state index contributed by atoms with van der Waals surface area (Å²) < 4.78 is 7.75. The maximum absolute atomic E-state index is 12.0. The van der Waals surface area contributed by atoms with E-state index in [0.29, 0.717) is 20.5 Å². The van der Waals surface area contributed by atoms with Crippen molar-refractivity contribution in [1.82, 2.24) is 20.3 Å². The normalized spacial score (nSPS) is 15.5. The van der Waals surface area contributed by atoms with Crippen LogP contribution in [0.4, 0.5) is 0 Å². The van der Waals surface area contributed by atoms with Crippen LogP contribution in [0.3, 0.4) is 0 Å². The van der Waals surface area contributed by atoms with Crippen LogP contribution in [0, 0.1) is 0 Å². The van der Waals surface area contributed by atoms with Gasteiger partial charge in [-0.1, -0.05) is 41.3 Å². The van der Waals surface area contributed by atoms with Crippen LogP contribution in [0.15, 0.2) is 47.4 Å². The van der Waals surface area contributed by atoms with E-state index >= 15 is 0 Å². The van der Waals surface area contributed by atoms with Gasteiger partial charge in [0.2, 0.25) is 0 Å². The fourth-order valence-corrected chi connectivity index (χ4v) is 3.72. The minimum Gasteiger partial charge on any atom is -0.491 e. The molecule has 0 bridgehead atoms. The molecule has 0 unspecified atom stereocenters. The molecule has 1 aromatic heterocycles. The summed E-state index contributed by atoms with van der Waals surface area (Å²) in [6.07, 6.45) is 1.72. The number of ether oxygens (including phenoxy) is 1. The van der Waals surface area contributed by atoms with Gasteiger partial charge in [0.15, 0.2) is 0 Å². The second kappa shape index (κ2) is 7.47. The van der Waals surface area contributed by atoms with Crippen molar-refractivity contribution in [3.8, 4) is 11.4 Å². The maximum atomic E-state index is 12.0. The summed E-state index contributed by atoms with van der Waals surface area (Å²) in [5.41, 5.74) is 3.11. The fraction of sp³-hybridized carbons (Fsp3) is 0.111. The molecule has 2 aromatic carbocycles. The molecule has 1 fully saturated rings. The van der Waals surface area contributed by atoms with Crippen molar-refractivity contribution in [1.29, 1.82) is 0 Å². The molecule has 2 heterocycles. The van der Waals surface area contributed by atoms with E-state index < -0.39 is 0 Å². The van der Waals surface area contributed by atoms with Crippen LogP contribution < -0.4 is 10.1 Å². The number of amides is 1. The number of aromatic nitrogens is 3. The van der Waals surface area contributed by atoms with Gasteiger partial charge >= 0.3 is 0 Å². The van der Waals surface area contributed by atoms with Crippen molar-refractivity contribution in [2.24, 2.45) is 0 Å². The van der Waals surface area contributed by atoms with E-state index in [4.69, 9.17) is 22.1 Å². The molecule has 4 rings (SSSR count). The predicted octanol–water partition coefficient (Wildman–Crippen LogP) is 2.28. The van der Waals surface area contributed by atoms with Gasteiger partial charge in [-0.25, -0.2) is 4.68 Å². The van der Waals surface area contributed by atoms with E-state index in [-0.39, 0.29) is 19.1 Å². The molecular formula is C18H14N4O3S2. The van der Waals surface area contributed by atoms with E-state index in [1.165, 1.54) is 11.8 Å². The first-order chi connectivity index (χ1) is 13.2. The Hall–Kier alpha value is -2.75. The van der Waals surface area contributed by atoms with Crippen molar-refractivity contribution in [2.45, 2.75) is 0 Å². The zero-order valence-electron chi connectivity index (χ0n) is 14.0. The molecule has 0 aliphatic carbocycles. The van der Waals surface area contributed by atoms with E-state index in [0.717, 1.165) is 16.7 Å². The lowest BCUT2D eigenvalue weighted by Crippen LogP contribution is -2.17. The highest BCUT2D eigenvalue weighted by Gasteiger charge is 2.22. The number of fused-ring (bicyclic) bond motifs is 1. The van der Waals surface area contributed by atoms with Gasteiger partial charge in [0, 0.05) is 5.56 Å². The Bertz CT molecular complexity index is 1080. The Labute approximate surface area is 164 Å². The van der Waals surface area contributed by atoms with Crippen LogP contribution in [0.2, 0.25) is 0 Å². The SMILES string of the molecule is O=C1NC(=S)S/C1=C\c1cc(-n2nnc3ccccc32)ccc1OCCO. The number of nitrogens with zero attached hydrogens (tertiary/aromatic N) is 3. The smallest absolute Gasteiger partial charge is 0.263 e. The molecule has 3 aromatic rings. The Morgan fingerprint density at radius 3 is 2.93 bits per heavy atom. The number of aliphatic hydroxyl groups is 1. The molecule has 1 amide bonds. The van der Waals surface area contributed by atoms with Crippen molar-refractivity contribution in [3.63, 3.8) is 0 Å². The molecule has 1 saturated heterocycles. The zero-order valence-corrected chi connectivity index (χ0v) is 15.6. The van der Waals surface area contributed by atoms with Crippen molar-refractivity contribution >= 4 is 51.3 Å². The molecule has 0 atom stereocenters. The molecule has 1 aliphatic heterocycles. The average Bonchev–Trinajstić information content (AvgIpc) is 3.23. The Morgan fingerprint density at radius 1 is 1.30 bits per heavy atom. The minimum absolute atomic E-state index is 0.106. The molecule has 9 heteroatoms. The molecule has 2 N–H and O–H groups in total. The maximum Gasteiger partial charge on any atom is 0.263 e. The van der Waals surface area contributed by atoms with Crippen LogP contribution in [0.5, 0.6) is 5.75 Å². The highest BCUT2D eigenvalue weighted by molar-refractivity contribution is 8.26. The van der Waals surface area contributed by atoms with Crippen LogP contribution in [-0.2, 0) is 4.79 Å². The van der Waals surface area contributed by atoms with Gasteiger partial charge in [-0.2, -0.15) is 0 Å². The molecule has 0 saturated carbocycles. The molecular weight excluding hydrogens is 384 g/mol. The highest BCUT2D eigenvalue weighted by Crippen LogP contribution is 2.31. The number of thiocarbonyl (C=S) groups is 1. The first-order valence-electron chi connectivity index (χ1n) is 8.09. The summed E-state index contributed by atoms with van der Waals surface area (Å²) in [7, 11) is 0. The Balaban J connectivity index is 1.80. The first kappa shape index (κ1) is 17.7. The fourth-order valence-electron chi connectivity index (χ4n) is 2.69. The lowest BCUT2D eigenvalue weighted by molar-refractivity contribution is -0.115. The average molecular weight is 398 g/mol. The number of carbonyl (C=O) groups excluding carboxylic acids is 1. The number of carbonyl (C=O) groups is 1. The van der Waals surface area contributed by atoms with Crippen molar-refractivity contribution in [3.05, 3.63) is 52.9 Å². The quantitative estimate of drug-likeness (QED) is 0.503. The highest BCUT2D eigenvalue weighted by atomic mass is 32.2. The Kier molecular flexibility index (Phi) is 4.88. The molecule has 1 aliphatic rings. The number of hydrogen-bond acceptors (Lipinski definition) is 7. The Morgan fingerprint density at radius 2 is 2.15 bits per heavy atom. The van der Waals surface area contributed by atoms with Gasteiger partial charge < -0.3 is 15.2 Å². The van der Waals surface area contributed by atoms with E-state index in [1.54, 1.807) is 16.8 Å². The molecule has 0 radical (unpaired) electrons. The van der Waals surface area contributed by atoms with Crippen molar-refractivity contribution in [2.75, 3.05) is 13.2 Å². The van der Waals surface area contributed by atoms with Crippen LogP contribution in [0.25, 0.3) is 22.8 Å². The molecule has 27 heavy (non-hydrogen) atoms. The summed E-state index contributed by atoms with van der Waals surface area (Å²) >= 11 is 6.24. The monoisotopic (exact) mass is 398 g/mol. The summed E-state index contributed by atoms with van der Waals surface area (Å²) in [5.74, 6) is 0.311. The van der Waals surface area contributed by atoms with Gasteiger partial charge in [-0.15, -0.1) is 5.10 Å². The van der Waals surface area contributed by atoms with Crippen LogP contribution in [-0.4, -0.2) is 43.5 Å². The van der Waals surface area contributed by atoms with Gasteiger partial charge in [0.05, 0.1) is 22.7 Å². The zero-order chi connectivity index (χ0) is 18.8. The second-order valence-corrected chi connectivity index (χ2v) is 7.36. The van der Waals surface area contributed by atoms with Crippen molar-refractivity contribution < 1.29 is 14.6 Å². The van der Waals surface area contributed by atoms with Gasteiger partial charge in [-0.05, 0) is 36.4 Å². The number of benzene rings is 2. The van der Waals surface area contributed by atoms with Gasteiger partial charge in [0.1, 0.15) is 22.2 Å². The third-order valence-electron chi connectivity index (χ3n) is 3.87. The third kappa shape index (κ3) is 3.57. The summed E-state index contributed by atoms with van der Waals surface area (Å²) in [6, 6.07) is 13.1. The first-order valence-corrected chi connectivity index (χ1v) is 9.31. The number of aliphatic hydroxyl groups excluding tert-OH is 1. The summed E-state index contributed by atoms with van der Waals surface area (Å²) in [5, 5.41) is 20.0. The standard InChI is InChI=1S/C18H14N4O3S2/c23-7-8-25-15-6-5-12(22-14-4-2-1-3-13(14)20-21-22)9-11(15)10-16-17(24)19-18(26)27-16/h1-6,9-10,23H,7-8H2,(H,19,24,26)/b16-10-. The molecule has 7 nitrogen and oxygen atoms in total. The van der Waals surface area contributed by atoms with Crippen LogP contribution in [0.1, 0.15) is 5.56 Å². The largest absolute Gasteiger partial charge is 0.491 e. The summed E-state index contributed by atoms with van der Waals surface area (Å²) in [6.45, 7) is 0.0460. The summed E-state index contributed by atoms with van der Waals surface area (Å²) in [4.78, 5) is 12.5. The predicted molar refractivity (Wildman–Crippen MR) is 108 cm³/mol. The number of rotatable bonds is 5. The number of hydrogen-bond donors (Lipinski definition) is 2. The van der Waals surface area contributed by atoms with Gasteiger partial charge in [-0.3, -0.25) is 4.79 Å².